The summed E-state index contributed by atoms with van der Waals surface area (Å²) < 4.78 is 39.1. The number of hydrogen-bond acceptors (Lipinski definition) is 3. The summed E-state index contributed by atoms with van der Waals surface area (Å²) in [5.74, 6) is 0. The molecule has 3 heterocycles. The van der Waals surface area contributed by atoms with Gasteiger partial charge >= 0.3 is 6.18 Å². The molecule has 6 heteroatoms. The summed E-state index contributed by atoms with van der Waals surface area (Å²) in [7, 11) is 0. The molecule has 0 spiro atoms. The SMILES string of the molecule is FC(F)(F)c1cccc(-c2ncccc2-c2ccc3cccnc3n2)c1. The molecule has 0 fully saturated rings. The molecule has 4 rings (SSSR count). The third-order valence-electron chi connectivity index (χ3n) is 4.01. The molecule has 0 N–H and O–H groups in total. The van der Waals surface area contributed by atoms with Crippen molar-refractivity contribution >= 4 is 11.0 Å². The van der Waals surface area contributed by atoms with Gasteiger partial charge in [0.2, 0.25) is 0 Å². The van der Waals surface area contributed by atoms with Gasteiger partial charge in [0.25, 0.3) is 0 Å². The first-order chi connectivity index (χ1) is 12.5. The predicted octanol–water partition coefficient (Wildman–Crippen LogP) is 5.38. The summed E-state index contributed by atoms with van der Waals surface area (Å²) in [6, 6.07) is 16.1. The lowest BCUT2D eigenvalue weighted by molar-refractivity contribution is -0.137. The van der Waals surface area contributed by atoms with Crippen LogP contribution in [0.2, 0.25) is 0 Å². The Balaban J connectivity index is 1.87. The molecule has 0 aliphatic heterocycles. The fraction of sp³-hybridized carbons (Fsp3) is 0.0500. The van der Waals surface area contributed by atoms with Crippen molar-refractivity contribution in [2.75, 3.05) is 0 Å². The molecule has 0 aliphatic carbocycles. The minimum absolute atomic E-state index is 0.387. The van der Waals surface area contributed by atoms with E-state index < -0.39 is 11.7 Å². The summed E-state index contributed by atoms with van der Waals surface area (Å²) in [6.07, 6.45) is -1.20. The Bertz CT molecular complexity index is 1090. The van der Waals surface area contributed by atoms with E-state index in [1.807, 2.05) is 24.3 Å². The third kappa shape index (κ3) is 3.01. The Morgan fingerprint density at radius 2 is 1.58 bits per heavy atom. The minimum atomic E-state index is -4.41. The van der Waals surface area contributed by atoms with E-state index in [9.17, 15) is 13.2 Å². The highest BCUT2D eigenvalue weighted by atomic mass is 19.4. The average molecular weight is 351 g/mol. The van der Waals surface area contributed by atoms with Gasteiger partial charge in [-0.15, -0.1) is 0 Å². The van der Waals surface area contributed by atoms with E-state index >= 15 is 0 Å². The number of fused-ring (bicyclic) bond motifs is 1. The van der Waals surface area contributed by atoms with Crippen LogP contribution in [0.1, 0.15) is 5.56 Å². The van der Waals surface area contributed by atoms with Gasteiger partial charge in [-0.25, -0.2) is 9.97 Å². The zero-order valence-electron chi connectivity index (χ0n) is 13.4. The maximum Gasteiger partial charge on any atom is 0.416 e. The minimum Gasteiger partial charge on any atom is -0.256 e. The molecule has 0 amide bonds. The number of pyridine rings is 3. The van der Waals surface area contributed by atoms with Crippen LogP contribution < -0.4 is 0 Å². The molecule has 0 saturated carbocycles. The number of halogens is 3. The fourth-order valence-electron chi connectivity index (χ4n) is 2.79. The van der Waals surface area contributed by atoms with Gasteiger partial charge in [0.1, 0.15) is 0 Å². The molecular formula is C20H12F3N3. The van der Waals surface area contributed by atoms with E-state index in [1.165, 1.54) is 6.07 Å². The second-order valence-electron chi connectivity index (χ2n) is 5.72. The monoisotopic (exact) mass is 351 g/mol. The summed E-state index contributed by atoms with van der Waals surface area (Å²) >= 11 is 0. The maximum absolute atomic E-state index is 13.0. The van der Waals surface area contributed by atoms with Crippen LogP contribution in [0, 0.1) is 0 Å². The molecule has 1 aromatic carbocycles. The Morgan fingerprint density at radius 3 is 2.42 bits per heavy atom. The smallest absolute Gasteiger partial charge is 0.256 e. The van der Waals surface area contributed by atoms with Crippen LogP contribution in [0.5, 0.6) is 0 Å². The first-order valence-corrected chi connectivity index (χ1v) is 7.87. The largest absolute Gasteiger partial charge is 0.416 e. The van der Waals surface area contributed by atoms with Crippen LogP contribution in [-0.4, -0.2) is 15.0 Å². The molecule has 3 nitrogen and oxygen atoms in total. The molecule has 0 radical (unpaired) electrons. The van der Waals surface area contributed by atoms with Crippen molar-refractivity contribution in [3.05, 3.63) is 78.6 Å². The molecule has 4 aromatic rings. The summed E-state index contributed by atoms with van der Waals surface area (Å²) in [6.45, 7) is 0. The van der Waals surface area contributed by atoms with E-state index in [1.54, 1.807) is 30.6 Å². The van der Waals surface area contributed by atoms with E-state index in [-0.39, 0.29) is 0 Å². The van der Waals surface area contributed by atoms with Crippen LogP contribution in [0.3, 0.4) is 0 Å². The highest BCUT2D eigenvalue weighted by molar-refractivity contribution is 5.83. The Hall–Kier alpha value is -3.28. The van der Waals surface area contributed by atoms with Crippen molar-refractivity contribution in [1.82, 2.24) is 15.0 Å². The lowest BCUT2D eigenvalue weighted by atomic mass is 10.0. The number of alkyl halides is 3. The Labute approximate surface area is 147 Å². The van der Waals surface area contributed by atoms with Crippen molar-refractivity contribution in [3.8, 4) is 22.5 Å². The molecule has 26 heavy (non-hydrogen) atoms. The summed E-state index contributed by atoms with van der Waals surface area (Å²) in [5, 5.41) is 0.890. The predicted molar refractivity (Wildman–Crippen MR) is 93.2 cm³/mol. The lowest BCUT2D eigenvalue weighted by Crippen LogP contribution is -2.04. The molecule has 3 aromatic heterocycles. The second kappa shape index (κ2) is 6.22. The number of benzene rings is 1. The molecule has 0 bridgehead atoms. The molecule has 0 saturated heterocycles. The fourth-order valence-corrected chi connectivity index (χ4v) is 2.79. The normalized spacial score (nSPS) is 11.7. The van der Waals surface area contributed by atoms with Crippen LogP contribution in [0.15, 0.2) is 73.1 Å². The van der Waals surface area contributed by atoms with Gasteiger partial charge in [-0.1, -0.05) is 12.1 Å². The van der Waals surface area contributed by atoms with Gasteiger partial charge in [0.05, 0.1) is 17.0 Å². The molecular weight excluding hydrogens is 339 g/mol. The van der Waals surface area contributed by atoms with E-state index in [2.05, 4.69) is 15.0 Å². The second-order valence-corrected chi connectivity index (χ2v) is 5.72. The van der Waals surface area contributed by atoms with Gasteiger partial charge in [0, 0.05) is 28.9 Å². The molecule has 0 unspecified atom stereocenters. The van der Waals surface area contributed by atoms with Crippen LogP contribution in [-0.2, 0) is 6.18 Å². The molecule has 0 aliphatic rings. The van der Waals surface area contributed by atoms with Crippen molar-refractivity contribution < 1.29 is 13.2 Å². The highest BCUT2D eigenvalue weighted by Crippen LogP contribution is 2.34. The van der Waals surface area contributed by atoms with E-state index in [0.717, 1.165) is 17.5 Å². The van der Waals surface area contributed by atoms with Crippen LogP contribution >= 0.6 is 0 Å². The zero-order valence-corrected chi connectivity index (χ0v) is 13.4. The average Bonchev–Trinajstić information content (AvgIpc) is 2.67. The van der Waals surface area contributed by atoms with E-state index in [0.29, 0.717) is 28.2 Å². The first-order valence-electron chi connectivity index (χ1n) is 7.87. The molecule has 0 atom stereocenters. The zero-order chi connectivity index (χ0) is 18.1. The van der Waals surface area contributed by atoms with Gasteiger partial charge in [-0.2, -0.15) is 13.2 Å². The summed E-state index contributed by atoms with van der Waals surface area (Å²) in [5.41, 5.74) is 1.96. The Kier molecular flexibility index (Phi) is 3.88. The number of hydrogen-bond donors (Lipinski definition) is 0. The molecule has 128 valence electrons. The summed E-state index contributed by atoms with van der Waals surface area (Å²) in [4.78, 5) is 13.1. The van der Waals surface area contributed by atoms with E-state index in [4.69, 9.17) is 0 Å². The van der Waals surface area contributed by atoms with Gasteiger partial charge < -0.3 is 0 Å². The van der Waals surface area contributed by atoms with Crippen molar-refractivity contribution in [2.45, 2.75) is 6.18 Å². The van der Waals surface area contributed by atoms with Crippen molar-refractivity contribution in [1.29, 1.82) is 0 Å². The van der Waals surface area contributed by atoms with Crippen molar-refractivity contribution in [3.63, 3.8) is 0 Å². The van der Waals surface area contributed by atoms with Crippen molar-refractivity contribution in [2.24, 2.45) is 0 Å². The van der Waals surface area contributed by atoms with Crippen LogP contribution in [0.25, 0.3) is 33.5 Å². The highest BCUT2D eigenvalue weighted by Gasteiger charge is 2.30. The Morgan fingerprint density at radius 1 is 0.769 bits per heavy atom. The topological polar surface area (TPSA) is 38.7 Å². The third-order valence-corrected chi connectivity index (χ3v) is 4.01. The number of rotatable bonds is 2. The van der Waals surface area contributed by atoms with Gasteiger partial charge in [-0.3, -0.25) is 4.98 Å². The van der Waals surface area contributed by atoms with Crippen LogP contribution in [0.4, 0.5) is 13.2 Å². The maximum atomic E-state index is 13.0. The quantitative estimate of drug-likeness (QED) is 0.487. The lowest BCUT2D eigenvalue weighted by Gasteiger charge is -2.11. The van der Waals surface area contributed by atoms with Gasteiger partial charge in [-0.05, 0) is 48.5 Å². The number of aromatic nitrogens is 3. The first kappa shape index (κ1) is 16.2. The number of nitrogens with zero attached hydrogens (tertiary/aromatic N) is 3. The van der Waals surface area contributed by atoms with Gasteiger partial charge in [0.15, 0.2) is 5.65 Å². The standard InChI is InChI=1S/C20H12F3N3/c21-20(22,23)15-6-1-4-14(12-15)18-16(7-3-10-24-18)17-9-8-13-5-2-11-25-19(13)26-17/h1-12H.